The van der Waals surface area contributed by atoms with Crippen molar-refractivity contribution in [3.8, 4) is 11.4 Å². The van der Waals surface area contributed by atoms with E-state index in [-0.39, 0.29) is 11.7 Å². The first-order valence-electron chi connectivity index (χ1n) is 8.24. The van der Waals surface area contributed by atoms with Crippen LogP contribution in [0.15, 0.2) is 46.1 Å². The van der Waals surface area contributed by atoms with Crippen LogP contribution in [0.25, 0.3) is 11.4 Å². The number of carbonyl (C=O) groups excluding carboxylic acids is 1. The Labute approximate surface area is 156 Å². The van der Waals surface area contributed by atoms with E-state index in [1.807, 2.05) is 18.2 Å². The summed E-state index contributed by atoms with van der Waals surface area (Å²) in [5.41, 5.74) is 4.32. The third-order valence-electron chi connectivity index (χ3n) is 3.94. The Morgan fingerprint density at radius 2 is 2.04 bits per heavy atom. The Morgan fingerprint density at radius 3 is 2.77 bits per heavy atom. The maximum atomic E-state index is 12.2. The maximum Gasteiger partial charge on any atom is 0.230 e. The standard InChI is InChI=1S/C19H20N4O2S/c1-12-6-7-15(9-13(12)2)10-21-17(24)11-26-19-16(5-4-8-20-19)18-22-14(3)25-23-18/h4-9H,10-11H2,1-3H3,(H,21,24). The number of amides is 1. The molecule has 0 fully saturated rings. The van der Waals surface area contributed by atoms with Gasteiger partial charge in [0.2, 0.25) is 17.6 Å². The van der Waals surface area contributed by atoms with E-state index in [2.05, 4.69) is 46.4 Å². The number of nitrogens with zero attached hydrogens (tertiary/aromatic N) is 3. The highest BCUT2D eigenvalue weighted by atomic mass is 32.2. The van der Waals surface area contributed by atoms with Crippen molar-refractivity contribution < 1.29 is 9.32 Å². The highest BCUT2D eigenvalue weighted by Crippen LogP contribution is 2.27. The largest absolute Gasteiger partial charge is 0.351 e. The maximum absolute atomic E-state index is 12.2. The van der Waals surface area contributed by atoms with Crippen LogP contribution >= 0.6 is 11.8 Å². The van der Waals surface area contributed by atoms with Crippen molar-refractivity contribution in [2.24, 2.45) is 0 Å². The lowest BCUT2D eigenvalue weighted by Crippen LogP contribution is -2.24. The summed E-state index contributed by atoms with van der Waals surface area (Å²) >= 11 is 1.36. The molecule has 0 unspecified atom stereocenters. The average molecular weight is 368 g/mol. The van der Waals surface area contributed by atoms with Crippen molar-refractivity contribution in [2.75, 3.05) is 5.75 Å². The summed E-state index contributed by atoms with van der Waals surface area (Å²) in [6, 6.07) is 9.87. The Balaban J connectivity index is 1.59. The molecule has 0 radical (unpaired) electrons. The normalized spacial score (nSPS) is 10.7. The summed E-state index contributed by atoms with van der Waals surface area (Å²) in [4.78, 5) is 20.7. The van der Waals surface area contributed by atoms with Crippen LogP contribution in [0, 0.1) is 20.8 Å². The van der Waals surface area contributed by atoms with Crippen LogP contribution in [0.5, 0.6) is 0 Å². The zero-order valence-electron chi connectivity index (χ0n) is 14.9. The summed E-state index contributed by atoms with van der Waals surface area (Å²) in [5, 5.41) is 7.57. The van der Waals surface area contributed by atoms with Gasteiger partial charge >= 0.3 is 0 Å². The van der Waals surface area contributed by atoms with E-state index in [4.69, 9.17) is 4.52 Å². The van der Waals surface area contributed by atoms with Crippen LogP contribution in [0.4, 0.5) is 0 Å². The molecule has 0 aliphatic carbocycles. The van der Waals surface area contributed by atoms with E-state index in [0.29, 0.717) is 23.3 Å². The first-order valence-corrected chi connectivity index (χ1v) is 9.23. The quantitative estimate of drug-likeness (QED) is 0.671. The summed E-state index contributed by atoms with van der Waals surface area (Å²) < 4.78 is 5.03. The molecule has 0 saturated carbocycles. The molecule has 0 bridgehead atoms. The summed E-state index contributed by atoms with van der Waals surface area (Å²) in [5.74, 6) is 1.19. The van der Waals surface area contributed by atoms with Gasteiger partial charge in [0, 0.05) is 19.7 Å². The molecule has 1 N–H and O–H groups in total. The predicted octanol–water partition coefficient (Wildman–Crippen LogP) is 3.47. The minimum absolute atomic E-state index is 0.0471. The number of hydrogen-bond acceptors (Lipinski definition) is 6. The Bertz CT molecular complexity index is 923. The smallest absolute Gasteiger partial charge is 0.230 e. The number of nitrogens with one attached hydrogen (secondary N) is 1. The molecule has 7 heteroatoms. The lowest BCUT2D eigenvalue weighted by molar-refractivity contribution is -0.118. The second-order valence-electron chi connectivity index (χ2n) is 5.98. The minimum Gasteiger partial charge on any atom is -0.351 e. The monoisotopic (exact) mass is 368 g/mol. The number of carbonyl (C=O) groups is 1. The molecule has 0 saturated heterocycles. The van der Waals surface area contributed by atoms with E-state index >= 15 is 0 Å². The Morgan fingerprint density at radius 1 is 1.19 bits per heavy atom. The van der Waals surface area contributed by atoms with Crippen LogP contribution in [-0.4, -0.2) is 26.8 Å². The topological polar surface area (TPSA) is 80.9 Å². The number of benzene rings is 1. The van der Waals surface area contributed by atoms with Gasteiger partial charge in [-0.05, 0) is 42.7 Å². The lowest BCUT2D eigenvalue weighted by Gasteiger charge is -2.08. The molecular formula is C19H20N4O2S. The molecule has 2 heterocycles. The molecule has 1 amide bonds. The van der Waals surface area contributed by atoms with E-state index in [0.717, 1.165) is 11.1 Å². The Hall–Kier alpha value is -2.67. The van der Waals surface area contributed by atoms with Crippen molar-refractivity contribution in [3.63, 3.8) is 0 Å². The fourth-order valence-electron chi connectivity index (χ4n) is 2.38. The summed E-state index contributed by atoms with van der Waals surface area (Å²) in [6.07, 6.45) is 1.69. The van der Waals surface area contributed by atoms with E-state index in [1.165, 1.54) is 22.9 Å². The van der Waals surface area contributed by atoms with Gasteiger partial charge in [-0.1, -0.05) is 35.1 Å². The molecule has 134 valence electrons. The summed E-state index contributed by atoms with van der Waals surface area (Å²) in [6.45, 7) is 6.39. The zero-order chi connectivity index (χ0) is 18.5. The average Bonchev–Trinajstić information content (AvgIpc) is 3.07. The van der Waals surface area contributed by atoms with Gasteiger partial charge in [0.15, 0.2) is 0 Å². The highest BCUT2D eigenvalue weighted by Gasteiger charge is 2.13. The molecule has 3 rings (SSSR count). The number of rotatable bonds is 6. The third-order valence-corrected chi connectivity index (χ3v) is 4.95. The number of aromatic nitrogens is 3. The Kier molecular flexibility index (Phi) is 5.68. The molecule has 0 aliphatic rings. The number of aryl methyl sites for hydroxylation is 3. The van der Waals surface area contributed by atoms with Crippen LogP contribution in [0.2, 0.25) is 0 Å². The molecule has 1 aromatic carbocycles. The van der Waals surface area contributed by atoms with Gasteiger partial charge in [-0.15, -0.1) is 0 Å². The second kappa shape index (κ2) is 8.14. The zero-order valence-corrected chi connectivity index (χ0v) is 15.8. The van der Waals surface area contributed by atoms with Gasteiger partial charge in [-0.2, -0.15) is 4.98 Å². The first-order chi connectivity index (χ1) is 12.5. The van der Waals surface area contributed by atoms with Crippen molar-refractivity contribution in [3.05, 3.63) is 59.1 Å². The second-order valence-corrected chi connectivity index (χ2v) is 6.94. The molecule has 6 nitrogen and oxygen atoms in total. The van der Waals surface area contributed by atoms with Gasteiger partial charge in [0.1, 0.15) is 5.03 Å². The fourth-order valence-corrected chi connectivity index (χ4v) is 3.20. The number of hydrogen-bond donors (Lipinski definition) is 1. The van der Waals surface area contributed by atoms with Crippen molar-refractivity contribution in [2.45, 2.75) is 32.3 Å². The van der Waals surface area contributed by atoms with Gasteiger partial charge in [-0.3, -0.25) is 4.79 Å². The molecule has 0 aliphatic heterocycles. The third kappa shape index (κ3) is 4.49. The van der Waals surface area contributed by atoms with Crippen LogP contribution in [0.1, 0.15) is 22.6 Å². The molecular weight excluding hydrogens is 348 g/mol. The summed E-state index contributed by atoms with van der Waals surface area (Å²) in [7, 11) is 0. The first kappa shape index (κ1) is 18.1. The van der Waals surface area contributed by atoms with E-state index in [1.54, 1.807) is 13.1 Å². The highest BCUT2D eigenvalue weighted by molar-refractivity contribution is 8.00. The van der Waals surface area contributed by atoms with Crippen molar-refractivity contribution in [1.82, 2.24) is 20.4 Å². The molecule has 2 aromatic heterocycles. The molecule has 0 spiro atoms. The molecule has 0 atom stereocenters. The lowest BCUT2D eigenvalue weighted by atomic mass is 10.1. The van der Waals surface area contributed by atoms with Gasteiger partial charge in [0.25, 0.3) is 0 Å². The number of thioether (sulfide) groups is 1. The number of pyridine rings is 1. The van der Waals surface area contributed by atoms with Gasteiger partial charge in [-0.25, -0.2) is 4.98 Å². The van der Waals surface area contributed by atoms with Crippen molar-refractivity contribution in [1.29, 1.82) is 0 Å². The van der Waals surface area contributed by atoms with Crippen LogP contribution in [0.3, 0.4) is 0 Å². The van der Waals surface area contributed by atoms with E-state index < -0.39 is 0 Å². The minimum atomic E-state index is -0.0471. The van der Waals surface area contributed by atoms with E-state index in [9.17, 15) is 4.79 Å². The predicted molar refractivity (Wildman–Crippen MR) is 101 cm³/mol. The van der Waals surface area contributed by atoms with Gasteiger partial charge < -0.3 is 9.84 Å². The van der Waals surface area contributed by atoms with Gasteiger partial charge in [0.05, 0.1) is 11.3 Å². The van der Waals surface area contributed by atoms with Crippen LogP contribution < -0.4 is 5.32 Å². The molecule has 3 aromatic rings. The SMILES string of the molecule is Cc1nc(-c2cccnc2SCC(=O)NCc2ccc(C)c(C)c2)no1. The fraction of sp³-hybridized carbons (Fsp3) is 0.263. The van der Waals surface area contributed by atoms with Crippen molar-refractivity contribution >= 4 is 17.7 Å². The van der Waals surface area contributed by atoms with Crippen LogP contribution in [-0.2, 0) is 11.3 Å². The molecule has 26 heavy (non-hydrogen) atoms.